The maximum Gasteiger partial charge on any atom is 0.269 e. The Labute approximate surface area is 141 Å². The third kappa shape index (κ3) is 5.09. The van der Waals surface area contributed by atoms with Gasteiger partial charge in [-0.25, -0.2) is 8.42 Å². The molecule has 0 bridgehead atoms. The molecule has 0 atom stereocenters. The third-order valence-corrected chi connectivity index (χ3v) is 5.27. The number of aromatic hydroxyl groups is 1. The first-order valence-corrected chi connectivity index (χ1v) is 9.42. The van der Waals surface area contributed by atoms with Crippen LogP contribution < -0.4 is 5.32 Å². The number of sulfone groups is 1. The van der Waals surface area contributed by atoms with Gasteiger partial charge in [-0.2, -0.15) is 5.10 Å². The van der Waals surface area contributed by atoms with E-state index < -0.39 is 15.7 Å². The van der Waals surface area contributed by atoms with E-state index in [9.17, 15) is 18.3 Å². The second-order valence-electron chi connectivity index (χ2n) is 5.98. The molecule has 24 heavy (non-hydrogen) atoms. The molecule has 3 N–H and O–H groups in total. The number of nitrogens with zero attached hydrogens (tertiary/aromatic N) is 1. The quantitative estimate of drug-likeness (QED) is 0.701. The van der Waals surface area contributed by atoms with Crippen molar-refractivity contribution >= 4 is 15.7 Å². The highest BCUT2D eigenvalue weighted by Gasteiger charge is 2.15. The maximum absolute atomic E-state index is 12.0. The number of aromatic nitrogens is 2. The van der Waals surface area contributed by atoms with Crippen LogP contribution in [-0.2, 0) is 9.84 Å². The van der Waals surface area contributed by atoms with E-state index in [1.54, 1.807) is 18.2 Å². The lowest BCUT2D eigenvalue weighted by Gasteiger charge is -2.07. The topological polar surface area (TPSA) is 112 Å². The maximum atomic E-state index is 12.0. The predicted octanol–water partition coefficient (Wildman–Crippen LogP) is 1.58. The van der Waals surface area contributed by atoms with Gasteiger partial charge in [0.05, 0.1) is 17.2 Å². The predicted molar refractivity (Wildman–Crippen MR) is 91.5 cm³/mol. The van der Waals surface area contributed by atoms with Crippen LogP contribution >= 0.6 is 0 Å². The summed E-state index contributed by atoms with van der Waals surface area (Å²) in [6.45, 7) is 3.73. The number of carbonyl (C=O) groups excluding carboxylic acids is 1. The second-order valence-corrected chi connectivity index (χ2v) is 8.21. The average molecular weight is 351 g/mol. The molecule has 0 aliphatic carbocycles. The molecule has 1 amide bonds. The molecule has 8 heteroatoms. The van der Waals surface area contributed by atoms with Crippen molar-refractivity contribution in [3.8, 4) is 17.0 Å². The summed E-state index contributed by atoms with van der Waals surface area (Å²) in [7, 11) is -3.16. The van der Waals surface area contributed by atoms with E-state index in [0.717, 1.165) is 5.56 Å². The Morgan fingerprint density at radius 2 is 1.96 bits per heavy atom. The Kier molecular flexibility index (Phi) is 5.61. The zero-order valence-corrected chi connectivity index (χ0v) is 14.4. The van der Waals surface area contributed by atoms with E-state index in [0.29, 0.717) is 5.69 Å². The van der Waals surface area contributed by atoms with Crippen molar-refractivity contribution in [3.63, 3.8) is 0 Å². The smallest absolute Gasteiger partial charge is 0.269 e. The van der Waals surface area contributed by atoms with E-state index in [1.165, 1.54) is 12.1 Å². The van der Waals surface area contributed by atoms with Gasteiger partial charge in [-0.3, -0.25) is 9.89 Å². The number of carbonyl (C=O) groups is 1. The monoisotopic (exact) mass is 351 g/mol. The first-order valence-electron chi connectivity index (χ1n) is 7.60. The van der Waals surface area contributed by atoms with Crippen molar-refractivity contribution in [2.75, 3.05) is 18.1 Å². The molecule has 0 spiro atoms. The Bertz CT molecular complexity index is 795. The number of nitrogens with one attached hydrogen (secondary N) is 2. The summed E-state index contributed by atoms with van der Waals surface area (Å²) in [6, 6.07) is 8.01. The van der Waals surface area contributed by atoms with Gasteiger partial charge in [-0.05, 0) is 36.2 Å². The molecule has 1 aromatic carbocycles. The SMILES string of the molecule is CC(C)CS(=O)(=O)CCNC(=O)c1cc(-c2ccc(O)cc2)n[nH]1. The van der Waals surface area contributed by atoms with Crippen molar-refractivity contribution in [3.05, 3.63) is 36.0 Å². The highest BCUT2D eigenvalue weighted by molar-refractivity contribution is 7.91. The normalized spacial score (nSPS) is 11.6. The van der Waals surface area contributed by atoms with E-state index in [2.05, 4.69) is 15.5 Å². The Balaban J connectivity index is 1.93. The third-order valence-electron chi connectivity index (χ3n) is 3.27. The van der Waals surface area contributed by atoms with Crippen LogP contribution in [0.1, 0.15) is 24.3 Å². The summed E-state index contributed by atoms with van der Waals surface area (Å²) < 4.78 is 23.6. The van der Waals surface area contributed by atoms with Gasteiger partial charge < -0.3 is 10.4 Å². The number of aromatic amines is 1. The van der Waals surface area contributed by atoms with E-state index in [-0.39, 0.29) is 35.4 Å². The summed E-state index contributed by atoms with van der Waals surface area (Å²) in [5, 5.41) is 18.5. The Morgan fingerprint density at radius 3 is 2.58 bits per heavy atom. The summed E-state index contributed by atoms with van der Waals surface area (Å²) in [6.07, 6.45) is 0. The van der Waals surface area contributed by atoms with Gasteiger partial charge in [0.2, 0.25) is 0 Å². The number of H-pyrrole nitrogens is 1. The lowest BCUT2D eigenvalue weighted by Crippen LogP contribution is -2.30. The molecular formula is C16H21N3O4S. The average Bonchev–Trinajstić information content (AvgIpc) is 2.96. The minimum Gasteiger partial charge on any atom is -0.508 e. The van der Waals surface area contributed by atoms with Crippen LogP contribution in [-0.4, -0.2) is 47.7 Å². The number of phenols is 1. The van der Waals surface area contributed by atoms with Crippen LogP contribution in [0, 0.1) is 5.92 Å². The highest BCUT2D eigenvalue weighted by Crippen LogP contribution is 2.20. The zero-order chi connectivity index (χ0) is 17.7. The molecule has 0 aliphatic rings. The van der Waals surface area contributed by atoms with Crippen LogP contribution in [0.15, 0.2) is 30.3 Å². The summed E-state index contributed by atoms with van der Waals surface area (Å²) in [5.74, 6) is -0.179. The molecule has 0 radical (unpaired) electrons. The number of hydrogen-bond acceptors (Lipinski definition) is 5. The molecule has 130 valence electrons. The molecule has 0 saturated carbocycles. The minimum atomic E-state index is -3.16. The molecule has 0 fully saturated rings. The van der Waals surface area contributed by atoms with Crippen LogP contribution in [0.3, 0.4) is 0 Å². The Morgan fingerprint density at radius 1 is 1.29 bits per heavy atom. The van der Waals surface area contributed by atoms with E-state index in [1.807, 2.05) is 13.8 Å². The van der Waals surface area contributed by atoms with Crippen molar-refractivity contribution in [1.29, 1.82) is 0 Å². The van der Waals surface area contributed by atoms with Gasteiger partial charge in [0, 0.05) is 12.1 Å². The number of amides is 1. The Hall–Kier alpha value is -2.35. The van der Waals surface area contributed by atoms with Gasteiger partial charge >= 0.3 is 0 Å². The number of hydrogen-bond donors (Lipinski definition) is 3. The van der Waals surface area contributed by atoms with Gasteiger partial charge in [-0.1, -0.05) is 13.8 Å². The van der Waals surface area contributed by atoms with Crippen LogP contribution in [0.25, 0.3) is 11.3 Å². The van der Waals surface area contributed by atoms with Crippen LogP contribution in [0.2, 0.25) is 0 Å². The standard InChI is InChI=1S/C16H21N3O4S/c1-11(2)10-24(22,23)8-7-17-16(21)15-9-14(18-19-15)12-3-5-13(20)6-4-12/h3-6,9,11,20H,7-8,10H2,1-2H3,(H,17,21)(H,18,19). The molecule has 7 nitrogen and oxygen atoms in total. The molecule has 1 heterocycles. The molecule has 0 aliphatic heterocycles. The molecule has 2 rings (SSSR count). The fourth-order valence-corrected chi connectivity index (χ4v) is 3.82. The molecule has 2 aromatic rings. The van der Waals surface area contributed by atoms with Crippen molar-refractivity contribution < 1.29 is 18.3 Å². The van der Waals surface area contributed by atoms with E-state index in [4.69, 9.17) is 0 Å². The number of phenolic OH excluding ortho intramolecular Hbond substituents is 1. The fraction of sp³-hybridized carbons (Fsp3) is 0.375. The van der Waals surface area contributed by atoms with Gasteiger partial charge in [0.15, 0.2) is 9.84 Å². The van der Waals surface area contributed by atoms with Gasteiger partial charge in [0.25, 0.3) is 5.91 Å². The first kappa shape index (κ1) is 18.0. The number of benzene rings is 1. The first-order chi connectivity index (χ1) is 11.3. The molecule has 0 unspecified atom stereocenters. The van der Waals surface area contributed by atoms with Gasteiger partial charge in [-0.15, -0.1) is 0 Å². The van der Waals surface area contributed by atoms with E-state index >= 15 is 0 Å². The zero-order valence-electron chi connectivity index (χ0n) is 13.6. The summed E-state index contributed by atoms with van der Waals surface area (Å²) in [5.41, 5.74) is 1.56. The summed E-state index contributed by atoms with van der Waals surface area (Å²) in [4.78, 5) is 12.0. The van der Waals surface area contributed by atoms with Crippen molar-refractivity contribution in [1.82, 2.24) is 15.5 Å². The molecular weight excluding hydrogens is 330 g/mol. The lowest BCUT2D eigenvalue weighted by molar-refractivity contribution is 0.0951. The molecule has 1 aromatic heterocycles. The summed E-state index contributed by atoms with van der Waals surface area (Å²) >= 11 is 0. The van der Waals surface area contributed by atoms with Crippen LogP contribution in [0.5, 0.6) is 5.75 Å². The van der Waals surface area contributed by atoms with Crippen molar-refractivity contribution in [2.45, 2.75) is 13.8 Å². The highest BCUT2D eigenvalue weighted by atomic mass is 32.2. The second kappa shape index (κ2) is 7.48. The van der Waals surface area contributed by atoms with Crippen molar-refractivity contribution in [2.24, 2.45) is 5.92 Å². The van der Waals surface area contributed by atoms with Crippen LogP contribution in [0.4, 0.5) is 0 Å². The fourth-order valence-electron chi connectivity index (χ4n) is 2.22. The number of rotatable bonds is 7. The van der Waals surface area contributed by atoms with Gasteiger partial charge in [0.1, 0.15) is 11.4 Å². The molecule has 0 saturated heterocycles. The largest absolute Gasteiger partial charge is 0.508 e. The minimum absolute atomic E-state index is 0.0570. The lowest BCUT2D eigenvalue weighted by atomic mass is 10.1.